The van der Waals surface area contributed by atoms with Crippen molar-refractivity contribution in [2.75, 3.05) is 18.4 Å². The molecule has 0 aromatic carbocycles. The van der Waals surface area contributed by atoms with Gasteiger partial charge in [-0.1, -0.05) is 15.9 Å². The maximum atomic E-state index is 3.44. The highest BCUT2D eigenvalue weighted by Gasteiger charge is 2.11. The fraction of sp³-hybridized carbons (Fsp3) is 1.00. The Hall–Kier alpha value is 0.920. The van der Waals surface area contributed by atoms with Gasteiger partial charge in [0.25, 0.3) is 0 Å². The first kappa shape index (κ1) is 8.92. The Bertz CT molecular complexity index is 52.4. The predicted octanol–water partition coefficient (Wildman–Crippen LogP) is 1.57. The molecule has 0 radical (unpaired) electrons. The minimum atomic E-state index is 0. The molecule has 0 amide bonds. The summed E-state index contributed by atoms with van der Waals surface area (Å²) in [5.74, 6) is 0.903. The number of nitrogens with one attached hydrogen (secondary N) is 1. The fourth-order valence-electron chi connectivity index (χ4n) is 0.846. The molecule has 0 aliphatic carbocycles. The topological polar surface area (TPSA) is 12.0 Å². The molecule has 0 spiro atoms. The van der Waals surface area contributed by atoms with Crippen LogP contribution < -0.4 is 5.32 Å². The van der Waals surface area contributed by atoms with E-state index in [1.54, 1.807) is 0 Å². The number of hydrogen-bond donors (Lipinski definition) is 1. The molecule has 0 aromatic heterocycles. The van der Waals surface area contributed by atoms with E-state index in [0.717, 1.165) is 5.92 Å². The van der Waals surface area contributed by atoms with E-state index < -0.39 is 0 Å². The maximum Gasteiger partial charge on any atom is 0.00722 e. The second-order valence-corrected chi connectivity index (χ2v) is 2.66. The van der Waals surface area contributed by atoms with Crippen molar-refractivity contribution < 1.29 is 0 Å². The van der Waals surface area contributed by atoms with Crippen LogP contribution in [0.15, 0.2) is 0 Å². The van der Waals surface area contributed by atoms with E-state index in [1.165, 1.54) is 24.8 Å². The third kappa shape index (κ3) is 2.46. The molecular formula is C5H11Br2N. The third-order valence-electron chi connectivity index (χ3n) is 1.38. The van der Waals surface area contributed by atoms with Gasteiger partial charge in [-0.05, 0) is 25.4 Å². The molecular weight excluding hydrogens is 234 g/mol. The first-order valence-corrected chi connectivity index (χ1v) is 3.82. The van der Waals surface area contributed by atoms with E-state index in [0.29, 0.717) is 0 Å². The normalized spacial score (nSPS) is 27.4. The van der Waals surface area contributed by atoms with E-state index in [2.05, 4.69) is 21.2 Å². The van der Waals surface area contributed by atoms with Crippen LogP contribution in [0.5, 0.6) is 0 Å². The summed E-state index contributed by atoms with van der Waals surface area (Å²) in [5.41, 5.74) is 0. The van der Waals surface area contributed by atoms with Crippen molar-refractivity contribution in [2.45, 2.75) is 6.42 Å². The molecule has 1 unspecified atom stereocenters. The summed E-state index contributed by atoms with van der Waals surface area (Å²) < 4.78 is 0. The van der Waals surface area contributed by atoms with Crippen molar-refractivity contribution in [1.29, 1.82) is 0 Å². The van der Waals surface area contributed by atoms with E-state index in [9.17, 15) is 0 Å². The lowest BCUT2D eigenvalue weighted by Crippen LogP contribution is -2.09. The zero-order chi connectivity index (χ0) is 5.11. The summed E-state index contributed by atoms with van der Waals surface area (Å²) in [5, 5.41) is 4.46. The van der Waals surface area contributed by atoms with Gasteiger partial charge in [-0.25, -0.2) is 0 Å². The molecule has 1 aliphatic rings. The van der Waals surface area contributed by atoms with Crippen LogP contribution >= 0.6 is 32.9 Å². The Labute approximate surface area is 69.1 Å². The van der Waals surface area contributed by atoms with Gasteiger partial charge < -0.3 is 5.32 Å². The van der Waals surface area contributed by atoms with Crippen LogP contribution in [0.3, 0.4) is 0 Å². The first-order chi connectivity index (χ1) is 3.43. The van der Waals surface area contributed by atoms with Gasteiger partial charge in [0.2, 0.25) is 0 Å². The second kappa shape index (κ2) is 4.77. The standard InChI is InChI=1S/C5H10BrN.BrH/c6-3-5-1-2-7-4-5;/h5,7H,1-4H2;1H. The van der Waals surface area contributed by atoms with Crippen molar-refractivity contribution in [3.63, 3.8) is 0 Å². The first-order valence-electron chi connectivity index (χ1n) is 2.70. The van der Waals surface area contributed by atoms with E-state index >= 15 is 0 Å². The number of halogens is 2. The highest BCUT2D eigenvalue weighted by molar-refractivity contribution is 9.09. The van der Waals surface area contributed by atoms with Crippen LogP contribution in [0.4, 0.5) is 0 Å². The smallest absolute Gasteiger partial charge is 0.00722 e. The lowest BCUT2D eigenvalue weighted by atomic mass is 10.2. The van der Waals surface area contributed by atoms with Crippen molar-refractivity contribution in [1.82, 2.24) is 5.32 Å². The van der Waals surface area contributed by atoms with Gasteiger partial charge in [-0.3, -0.25) is 0 Å². The van der Waals surface area contributed by atoms with Crippen molar-refractivity contribution in [3.8, 4) is 0 Å². The molecule has 50 valence electrons. The minimum Gasteiger partial charge on any atom is -0.316 e. The van der Waals surface area contributed by atoms with E-state index in [1.807, 2.05) is 0 Å². The lowest BCUT2D eigenvalue weighted by Gasteiger charge is -1.97. The molecule has 1 saturated heterocycles. The Kier molecular flexibility index (Phi) is 5.31. The Balaban J connectivity index is 0.000000490. The quantitative estimate of drug-likeness (QED) is 0.691. The van der Waals surface area contributed by atoms with Gasteiger partial charge in [0.05, 0.1) is 0 Å². The summed E-state index contributed by atoms with van der Waals surface area (Å²) in [6.45, 7) is 2.43. The Morgan fingerprint density at radius 3 is 2.62 bits per heavy atom. The molecule has 0 bridgehead atoms. The number of hydrogen-bond acceptors (Lipinski definition) is 1. The van der Waals surface area contributed by atoms with Crippen LogP contribution in [0.25, 0.3) is 0 Å². The van der Waals surface area contributed by atoms with E-state index in [4.69, 9.17) is 0 Å². The van der Waals surface area contributed by atoms with Gasteiger partial charge >= 0.3 is 0 Å². The molecule has 1 N–H and O–H groups in total. The lowest BCUT2D eigenvalue weighted by molar-refractivity contribution is 0.667. The van der Waals surface area contributed by atoms with E-state index in [-0.39, 0.29) is 17.0 Å². The van der Waals surface area contributed by atoms with Crippen molar-refractivity contribution in [3.05, 3.63) is 0 Å². The fourth-order valence-corrected chi connectivity index (χ4v) is 1.40. The van der Waals surface area contributed by atoms with Crippen molar-refractivity contribution >= 4 is 32.9 Å². The maximum absolute atomic E-state index is 3.44. The predicted molar refractivity (Wildman–Crippen MR) is 45.1 cm³/mol. The molecule has 1 heterocycles. The average molecular weight is 245 g/mol. The van der Waals surface area contributed by atoms with Gasteiger partial charge in [0.15, 0.2) is 0 Å². The van der Waals surface area contributed by atoms with Crippen LogP contribution in [-0.2, 0) is 0 Å². The molecule has 1 rings (SSSR count). The van der Waals surface area contributed by atoms with Crippen LogP contribution in [-0.4, -0.2) is 18.4 Å². The number of rotatable bonds is 1. The largest absolute Gasteiger partial charge is 0.316 e. The monoisotopic (exact) mass is 243 g/mol. The number of alkyl halides is 1. The van der Waals surface area contributed by atoms with Crippen LogP contribution in [0.1, 0.15) is 6.42 Å². The third-order valence-corrected chi connectivity index (χ3v) is 2.30. The highest BCUT2D eigenvalue weighted by atomic mass is 79.9. The average Bonchev–Trinajstić information content (AvgIpc) is 2.14. The summed E-state index contributed by atoms with van der Waals surface area (Å²) in [4.78, 5) is 0. The molecule has 1 fully saturated rings. The minimum absolute atomic E-state index is 0. The van der Waals surface area contributed by atoms with Crippen molar-refractivity contribution in [2.24, 2.45) is 5.92 Å². The van der Waals surface area contributed by atoms with Crippen LogP contribution in [0.2, 0.25) is 0 Å². The molecule has 0 aromatic rings. The Morgan fingerprint density at radius 1 is 1.62 bits per heavy atom. The molecule has 3 heteroatoms. The summed E-state index contributed by atoms with van der Waals surface area (Å²) in [6.07, 6.45) is 1.35. The van der Waals surface area contributed by atoms with Gasteiger partial charge in [0.1, 0.15) is 0 Å². The molecule has 1 atom stereocenters. The SMILES string of the molecule is Br.BrCC1CCNC1. The summed E-state index contributed by atoms with van der Waals surface area (Å²) in [6, 6.07) is 0. The second-order valence-electron chi connectivity index (χ2n) is 2.01. The highest BCUT2D eigenvalue weighted by Crippen LogP contribution is 2.08. The zero-order valence-electron chi connectivity index (χ0n) is 4.69. The molecule has 8 heavy (non-hydrogen) atoms. The van der Waals surface area contributed by atoms with Gasteiger partial charge in [-0.15, -0.1) is 17.0 Å². The Morgan fingerprint density at radius 2 is 2.38 bits per heavy atom. The summed E-state index contributed by atoms with van der Waals surface area (Å²) >= 11 is 3.44. The molecule has 1 nitrogen and oxygen atoms in total. The van der Waals surface area contributed by atoms with Gasteiger partial charge in [-0.2, -0.15) is 0 Å². The molecule has 0 saturated carbocycles. The van der Waals surface area contributed by atoms with Gasteiger partial charge in [0, 0.05) is 5.33 Å². The van der Waals surface area contributed by atoms with Crippen LogP contribution in [0, 0.1) is 5.92 Å². The molecule has 1 aliphatic heterocycles. The zero-order valence-corrected chi connectivity index (χ0v) is 7.99. The summed E-state index contributed by atoms with van der Waals surface area (Å²) in [7, 11) is 0.